The molecule has 0 amide bonds. The van der Waals surface area contributed by atoms with Crippen molar-refractivity contribution in [1.29, 1.82) is 0 Å². The highest BCUT2D eigenvalue weighted by Gasteiger charge is 2.26. The molecule has 0 saturated heterocycles. The molecule has 7 nitrogen and oxygen atoms in total. The zero-order valence-electron chi connectivity index (χ0n) is 17.7. The summed E-state index contributed by atoms with van der Waals surface area (Å²) in [5.74, 6) is -0.540. The molecule has 0 aliphatic carbocycles. The minimum atomic E-state index is -1.02. The molecule has 0 aliphatic rings. The molecule has 0 fully saturated rings. The number of aromatic amines is 1. The Labute approximate surface area is 170 Å². The van der Waals surface area contributed by atoms with E-state index in [0.29, 0.717) is 46.9 Å². The molecule has 0 aliphatic heterocycles. The largest absolute Gasteiger partial charge is 0.496 e. The quantitative estimate of drug-likeness (QED) is 0.507. The van der Waals surface area contributed by atoms with Crippen LogP contribution < -0.4 is 4.74 Å². The van der Waals surface area contributed by atoms with Crippen molar-refractivity contribution in [2.45, 2.75) is 47.3 Å². The Kier molecular flexibility index (Phi) is 7.34. The van der Waals surface area contributed by atoms with Crippen LogP contribution in [-0.4, -0.2) is 42.3 Å². The molecule has 7 heteroatoms. The maximum Gasteiger partial charge on any atom is 0.338 e. The summed E-state index contributed by atoms with van der Waals surface area (Å²) in [6.45, 7) is 9.09. The first kappa shape index (κ1) is 22.4. The lowest BCUT2D eigenvalue weighted by atomic mass is 10.0. The van der Waals surface area contributed by atoms with Crippen molar-refractivity contribution in [2.24, 2.45) is 0 Å². The van der Waals surface area contributed by atoms with Crippen molar-refractivity contribution in [3.8, 4) is 5.75 Å². The number of aromatic nitrogens is 1. The van der Waals surface area contributed by atoms with Gasteiger partial charge in [-0.2, -0.15) is 0 Å². The first-order valence-corrected chi connectivity index (χ1v) is 9.41. The summed E-state index contributed by atoms with van der Waals surface area (Å²) in [5, 5.41) is 0. The summed E-state index contributed by atoms with van der Waals surface area (Å²) in [6, 6.07) is 4.87. The maximum atomic E-state index is 12.8. The Balaban J connectivity index is 2.19. The van der Waals surface area contributed by atoms with E-state index in [-0.39, 0.29) is 11.5 Å². The minimum absolute atomic E-state index is 0.125. The Morgan fingerprint density at radius 1 is 1.17 bits per heavy atom. The number of benzene rings is 1. The van der Waals surface area contributed by atoms with E-state index in [4.69, 9.17) is 14.2 Å². The average Bonchev–Trinajstić information content (AvgIpc) is 2.99. The number of nitrogens with one attached hydrogen (secondary N) is 1. The summed E-state index contributed by atoms with van der Waals surface area (Å²) >= 11 is 0. The van der Waals surface area contributed by atoms with Gasteiger partial charge in [-0.1, -0.05) is 0 Å². The molecule has 0 spiro atoms. The van der Waals surface area contributed by atoms with Crippen LogP contribution in [0.3, 0.4) is 0 Å². The van der Waals surface area contributed by atoms with Crippen molar-refractivity contribution < 1.29 is 28.6 Å². The Bertz CT molecular complexity index is 928. The number of aryl methyl sites for hydroxylation is 1. The minimum Gasteiger partial charge on any atom is -0.496 e. The van der Waals surface area contributed by atoms with Crippen LogP contribution in [0.4, 0.5) is 0 Å². The van der Waals surface area contributed by atoms with E-state index >= 15 is 0 Å². The van der Waals surface area contributed by atoms with Gasteiger partial charge < -0.3 is 19.2 Å². The summed E-state index contributed by atoms with van der Waals surface area (Å²) < 4.78 is 16.1. The highest BCUT2D eigenvalue weighted by atomic mass is 16.5. The second kappa shape index (κ2) is 9.52. The molecular weight excluding hydrogens is 374 g/mol. The standard InChI is InChI=1S/C22H27NO6/c1-7-28-11-17-10-16(8-9-18(17)27-6)22(26)29-15(5)21(25)20-12(2)19(14(4)24)13(3)23-20/h8-10,15,23H,7,11H2,1-6H3/t15-/m0/s1. The first-order chi connectivity index (χ1) is 13.7. The smallest absolute Gasteiger partial charge is 0.338 e. The molecule has 1 heterocycles. The average molecular weight is 401 g/mol. The summed E-state index contributed by atoms with van der Waals surface area (Å²) in [5.41, 5.74) is 2.95. The van der Waals surface area contributed by atoms with Crippen molar-refractivity contribution >= 4 is 17.5 Å². The second-order valence-electron chi connectivity index (χ2n) is 6.76. The van der Waals surface area contributed by atoms with Gasteiger partial charge in [0.2, 0.25) is 5.78 Å². The van der Waals surface area contributed by atoms with E-state index in [9.17, 15) is 14.4 Å². The van der Waals surface area contributed by atoms with E-state index in [1.165, 1.54) is 13.8 Å². The number of hydrogen-bond acceptors (Lipinski definition) is 6. The number of ketones is 2. The van der Waals surface area contributed by atoms with E-state index < -0.39 is 17.9 Å². The monoisotopic (exact) mass is 401 g/mol. The highest BCUT2D eigenvalue weighted by molar-refractivity contribution is 6.05. The lowest BCUT2D eigenvalue weighted by Crippen LogP contribution is -2.25. The third-order valence-corrected chi connectivity index (χ3v) is 4.67. The van der Waals surface area contributed by atoms with Gasteiger partial charge in [0.1, 0.15) is 5.75 Å². The molecule has 1 N–H and O–H groups in total. The van der Waals surface area contributed by atoms with Crippen LogP contribution in [0.15, 0.2) is 18.2 Å². The molecule has 2 aromatic rings. The molecule has 0 radical (unpaired) electrons. The molecule has 0 bridgehead atoms. The fraction of sp³-hybridized carbons (Fsp3) is 0.409. The van der Waals surface area contributed by atoms with Crippen LogP contribution in [0.5, 0.6) is 5.75 Å². The predicted octanol–water partition coefficient (Wildman–Crippen LogP) is 3.81. The number of methoxy groups -OCH3 is 1. The van der Waals surface area contributed by atoms with Crippen molar-refractivity contribution in [3.63, 3.8) is 0 Å². The lowest BCUT2D eigenvalue weighted by molar-refractivity contribution is 0.0316. The number of Topliss-reactive ketones (excluding diaryl/α,β-unsaturated/α-hetero) is 2. The predicted molar refractivity (Wildman–Crippen MR) is 108 cm³/mol. The third kappa shape index (κ3) is 4.92. The SMILES string of the molecule is CCOCc1cc(C(=O)O[C@@H](C)C(=O)c2[nH]c(C)c(C(C)=O)c2C)ccc1OC. The number of carbonyl (C=O) groups excluding carboxylic acids is 3. The first-order valence-electron chi connectivity index (χ1n) is 9.41. The highest BCUT2D eigenvalue weighted by Crippen LogP contribution is 2.23. The van der Waals surface area contributed by atoms with Crippen molar-refractivity contribution in [1.82, 2.24) is 4.98 Å². The molecule has 2 rings (SSSR count). The van der Waals surface area contributed by atoms with Crippen LogP contribution in [0, 0.1) is 13.8 Å². The van der Waals surface area contributed by atoms with Gasteiger partial charge in [0.15, 0.2) is 11.9 Å². The van der Waals surface area contributed by atoms with Gasteiger partial charge in [0, 0.05) is 23.4 Å². The zero-order chi connectivity index (χ0) is 21.7. The lowest BCUT2D eigenvalue weighted by Gasteiger charge is -2.14. The van der Waals surface area contributed by atoms with Gasteiger partial charge in [0.05, 0.1) is 25.0 Å². The Hall–Kier alpha value is -2.93. The van der Waals surface area contributed by atoms with Crippen LogP contribution in [0.1, 0.15) is 68.8 Å². The Morgan fingerprint density at radius 2 is 1.86 bits per heavy atom. The molecule has 1 aromatic heterocycles. The number of hydrogen-bond donors (Lipinski definition) is 1. The second-order valence-corrected chi connectivity index (χ2v) is 6.76. The number of carbonyl (C=O) groups is 3. The summed E-state index contributed by atoms with van der Waals surface area (Å²) in [6.07, 6.45) is -1.02. The fourth-order valence-electron chi connectivity index (χ4n) is 3.24. The summed E-state index contributed by atoms with van der Waals surface area (Å²) in [7, 11) is 1.54. The van der Waals surface area contributed by atoms with Gasteiger partial charge in [-0.25, -0.2) is 4.79 Å². The van der Waals surface area contributed by atoms with E-state index in [2.05, 4.69) is 4.98 Å². The van der Waals surface area contributed by atoms with Crippen LogP contribution in [0.2, 0.25) is 0 Å². The number of ether oxygens (including phenoxy) is 3. The van der Waals surface area contributed by atoms with Crippen LogP contribution in [0.25, 0.3) is 0 Å². The van der Waals surface area contributed by atoms with Gasteiger partial charge in [-0.3, -0.25) is 9.59 Å². The van der Waals surface area contributed by atoms with Gasteiger partial charge in [0.25, 0.3) is 0 Å². The van der Waals surface area contributed by atoms with Crippen molar-refractivity contribution in [3.05, 3.63) is 51.8 Å². The normalized spacial score (nSPS) is 11.8. The van der Waals surface area contributed by atoms with E-state index in [1.54, 1.807) is 39.2 Å². The zero-order valence-corrected chi connectivity index (χ0v) is 17.7. The van der Waals surface area contributed by atoms with E-state index in [1.807, 2.05) is 6.92 Å². The maximum absolute atomic E-state index is 12.8. The topological polar surface area (TPSA) is 94.7 Å². The van der Waals surface area contributed by atoms with Gasteiger partial charge in [-0.05, 0) is 58.4 Å². The number of rotatable bonds is 9. The number of esters is 1. The summed E-state index contributed by atoms with van der Waals surface area (Å²) in [4.78, 5) is 40.0. The van der Waals surface area contributed by atoms with Crippen LogP contribution >= 0.6 is 0 Å². The molecule has 0 saturated carbocycles. The third-order valence-electron chi connectivity index (χ3n) is 4.67. The molecule has 1 aromatic carbocycles. The molecular formula is C22H27NO6. The van der Waals surface area contributed by atoms with E-state index in [0.717, 1.165) is 0 Å². The van der Waals surface area contributed by atoms with Gasteiger partial charge >= 0.3 is 5.97 Å². The van der Waals surface area contributed by atoms with Gasteiger partial charge in [-0.15, -0.1) is 0 Å². The van der Waals surface area contributed by atoms with Crippen molar-refractivity contribution in [2.75, 3.05) is 13.7 Å². The fourth-order valence-corrected chi connectivity index (χ4v) is 3.24. The molecule has 0 unspecified atom stereocenters. The Morgan fingerprint density at radius 3 is 2.41 bits per heavy atom. The molecule has 1 atom stereocenters. The molecule has 29 heavy (non-hydrogen) atoms. The number of H-pyrrole nitrogens is 1. The van der Waals surface area contributed by atoms with Crippen LogP contribution in [-0.2, 0) is 16.1 Å². The molecule has 156 valence electrons.